The molecule has 0 radical (unpaired) electrons. The van der Waals surface area contributed by atoms with Crippen molar-refractivity contribution in [2.45, 2.75) is 12.2 Å². The van der Waals surface area contributed by atoms with Crippen LogP contribution in [0.3, 0.4) is 0 Å². The van der Waals surface area contributed by atoms with Gasteiger partial charge in [0.05, 0.1) is 6.61 Å². The van der Waals surface area contributed by atoms with Crippen LogP contribution in [0.15, 0.2) is 24.3 Å². The summed E-state index contributed by atoms with van der Waals surface area (Å²) in [5.41, 5.74) is 0.971. The van der Waals surface area contributed by atoms with E-state index in [2.05, 4.69) is 0 Å². The Morgan fingerprint density at radius 2 is 2.17 bits per heavy atom. The van der Waals surface area contributed by atoms with Crippen LogP contribution in [-0.2, 0) is 4.74 Å². The van der Waals surface area contributed by atoms with Crippen LogP contribution in [-0.4, -0.2) is 17.8 Å². The lowest BCUT2D eigenvalue weighted by Crippen LogP contribution is -1.94. The zero-order valence-corrected chi connectivity index (χ0v) is 7.16. The Labute approximate surface area is 75.7 Å². The first kappa shape index (κ1) is 8.05. The second-order valence-corrected chi connectivity index (χ2v) is 3.21. The maximum Gasteiger partial charge on any atom is 0.113 e. The molecule has 1 aromatic rings. The maximum atomic E-state index is 8.76. The predicted octanol–water partition coefficient (Wildman–Crippen LogP) is 1.77. The molecule has 3 heteroatoms. The van der Waals surface area contributed by atoms with Crippen molar-refractivity contribution in [2.75, 3.05) is 6.61 Å². The Bertz CT molecular complexity index is 288. The Morgan fingerprint density at radius 3 is 2.75 bits per heavy atom. The third-order valence-electron chi connectivity index (χ3n) is 1.97. The van der Waals surface area contributed by atoms with Gasteiger partial charge < -0.3 is 9.84 Å². The summed E-state index contributed by atoms with van der Waals surface area (Å²) in [6.07, 6.45) is -0.0476. The smallest absolute Gasteiger partial charge is 0.113 e. The summed E-state index contributed by atoms with van der Waals surface area (Å²) in [5, 5.41) is 9.47. The van der Waals surface area contributed by atoms with Crippen molar-refractivity contribution in [1.29, 1.82) is 0 Å². The molecule has 1 aromatic carbocycles. The summed E-state index contributed by atoms with van der Waals surface area (Å²) >= 11 is 5.92. The van der Waals surface area contributed by atoms with Gasteiger partial charge in [0.25, 0.3) is 0 Å². The highest BCUT2D eigenvalue weighted by Gasteiger charge is 2.40. The third-order valence-corrected chi connectivity index (χ3v) is 2.32. The van der Waals surface area contributed by atoms with Crippen molar-refractivity contribution in [3.63, 3.8) is 0 Å². The second kappa shape index (κ2) is 3.05. The van der Waals surface area contributed by atoms with Crippen LogP contribution in [0.1, 0.15) is 11.7 Å². The van der Waals surface area contributed by atoms with Crippen LogP contribution >= 0.6 is 11.6 Å². The highest BCUT2D eigenvalue weighted by Crippen LogP contribution is 2.41. The minimum atomic E-state index is -0.0510. The number of epoxide rings is 1. The molecule has 1 aliphatic heterocycles. The molecule has 1 saturated heterocycles. The van der Waals surface area contributed by atoms with Crippen molar-refractivity contribution in [3.8, 4) is 0 Å². The molecule has 0 spiro atoms. The average Bonchev–Trinajstić information content (AvgIpc) is 2.84. The van der Waals surface area contributed by atoms with E-state index in [1.807, 2.05) is 24.3 Å². The number of ether oxygens (including phenoxy) is 1. The Morgan fingerprint density at radius 1 is 1.42 bits per heavy atom. The molecule has 12 heavy (non-hydrogen) atoms. The van der Waals surface area contributed by atoms with E-state index in [-0.39, 0.29) is 18.8 Å². The van der Waals surface area contributed by atoms with E-state index in [0.717, 1.165) is 5.56 Å². The zero-order valence-electron chi connectivity index (χ0n) is 6.40. The molecule has 64 valence electrons. The van der Waals surface area contributed by atoms with Crippen molar-refractivity contribution in [2.24, 2.45) is 0 Å². The summed E-state index contributed by atoms with van der Waals surface area (Å²) in [5.74, 6) is 0. The maximum absolute atomic E-state index is 8.76. The fourth-order valence-corrected chi connectivity index (χ4v) is 1.50. The molecule has 0 amide bonds. The monoisotopic (exact) mass is 184 g/mol. The molecule has 1 aliphatic rings. The molecular weight excluding hydrogens is 176 g/mol. The lowest BCUT2D eigenvalue weighted by atomic mass is 10.1. The van der Waals surface area contributed by atoms with E-state index in [9.17, 15) is 0 Å². The fourth-order valence-electron chi connectivity index (χ4n) is 1.26. The molecule has 0 aliphatic carbocycles. The van der Waals surface area contributed by atoms with Crippen molar-refractivity contribution >= 4 is 11.6 Å². The molecule has 0 aromatic heterocycles. The van der Waals surface area contributed by atoms with Crippen molar-refractivity contribution in [1.82, 2.24) is 0 Å². The molecular formula is C9H9ClO2. The minimum Gasteiger partial charge on any atom is -0.394 e. The average molecular weight is 185 g/mol. The molecule has 2 atom stereocenters. The standard InChI is InChI=1S/C9H9ClO2/c10-7-4-2-1-3-6(7)9-8(5-11)12-9/h1-4,8-9,11H,5H2/t8-,9-/m0/s1. The number of hydrogen-bond donors (Lipinski definition) is 1. The van der Waals surface area contributed by atoms with Crippen LogP contribution in [0, 0.1) is 0 Å². The summed E-state index contributed by atoms with van der Waals surface area (Å²) < 4.78 is 5.20. The van der Waals surface area contributed by atoms with E-state index in [4.69, 9.17) is 21.4 Å². The van der Waals surface area contributed by atoms with Gasteiger partial charge in [0.2, 0.25) is 0 Å². The Hall–Kier alpha value is -0.570. The largest absolute Gasteiger partial charge is 0.394 e. The van der Waals surface area contributed by atoms with E-state index in [1.54, 1.807) is 0 Å². The summed E-state index contributed by atoms with van der Waals surface area (Å²) in [7, 11) is 0. The van der Waals surface area contributed by atoms with E-state index < -0.39 is 0 Å². The van der Waals surface area contributed by atoms with E-state index in [0.29, 0.717) is 5.02 Å². The minimum absolute atomic E-state index is 0.00343. The summed E-state index contributed by atoms with van der Waals surface area (Å²) in [6, 6.07) is 7.54. The highest BCUT2D eigenvalue weighted by atomic mass is 35.5. The molecule has 1 N–H and O–H groups in total. The number of hydrogen-bond acceptors (Lipinski definition) is 2. The van der Waals surface area contributed by atoms with E-state index in [1.165, 1.54) is 0 Å². The predicted molar refractivity (Wildman–Crippen MR) is 46.2 cm³/mol. The lowest BCUT2D eigenvalue weighted by molar-refractivity contribution is 0.242. The first-order valence-corrected chi connectivity index (χ1v) is 4.21. The molecule has 2 nitrogen and oxygen atoms in total. The fraction of sp³-hybridized carbons (Fsp3) is 0.333. The van der Waals surface area contributed by atoms with Crippen LogP contribution in [0.2, 0.25) is 5.02 Å². The number of halogens is 1. The van der Waals surface area contributed by atoms with Crippen LogP contribution in [0.25, 0.3) is 0 Å². The van der Waals surface area contributed by atoms with Crippen LogP contribution in [0.4, 0.5) is 0 Å². The van der Waals surface area contributed by atoms with Gasteiger partial charge in [-0.25, -0.2) is 0 Å². The van der Waals surface area contributed by atoms with Gasteiger partial charge in [0.1, 0.15) is 12.2 Å². The van der Waals surface area contributed by atoms with Gasteiger partial charge in [0.15, 0.2) is 0 Å². The quantitative estimate of drug-likeness (QED) is 0.711. The molecule has 1 heterocycles. The third kappa shape index (κ3) is 1.33. The summed E-state index contributed by atoms with van der Waals surface area (Å²) in [4.78, 5) is 0. The lowest BCUT2D eigenvalue weighted by Gasteiger charge is -1.97. The van der Waals surface area contributed by atoms with Gasteiger partial charge in [-0.05, 0) is 6.07 Å². The normalized spacial score (nSPS) is 27.2. The number of aliphatic hydroxyl groups is 1. The van der Waals surface area contributed by atoms with Gasteiger partial charge in [-0.15, -0.1) is 0 Å². The summed E-state index contributed by atoms with van der Waals surface area (Å²) in [6.45, 7) is 0.0654. The van der Waals surface area contributed by atoms with Gasteiger partial charge >= 0.3 is 0 Å². The van der Waals surface area contributed by atoms with Crippen LogP contribution in [0.5, 0.6) is 0 Å². The van der Waals surface area contributed by atoms with Crippen molar-refractivity contribution < 1.29 is 9.84 Å². The van der Waals surface area contributed by atoms with Crippen LogP contribution < -0.4 is 0 Å². The number of aliphatic hydroxyl groups excluding tert-OH is 1. The molecule has 2 rings (SSSR count). The van der Waals surface area contributed by atoms with Gasteiger partial charge in [-0.3, -0.25) is 0 Å². The van der Waals surface area contributed by atoms with Gasteiger partial charge in [0, 0.05) is 10.6 Å². The molecule has 0 bridgehead atoms. The Kier molecular flexibility index (Phi) is 2.05. The Balaban J connectivity index is 2.19. The first-order valence-electron chi connectivity index (χ1n) is 3.83. The van der Waals surface area contributed by atoms with E-state index >= 15 is 0 Å². The highest BCUT2D eigenvalue weighted by molar-refractivity contribution is 6.31. The number of benzene rings is 1. The topological polar surface area (TPSA) is 32.8 Å². The SMILES string of the molecule is OC[C@@H]1O[C@H]1c1ccccc1Cl. The van der Waals surface area contributed by atoms with Gasteiger partial charge in [-0.1, -0.05) is 29.8 Å². The van der Waals surface area contributed by atoms with Crippen molar-refractivity contribution in [3.05, 3.63) is 34.9 Å². The molecule has 1 fully saturated rings. The first-order chi connectivity index (χ1) is 5.83. The molecule has 0 saturated carbocycles. The van der Waals surface area contributed by atoms with Gasteiger partial charge in [-0.2, -0.15) is 0 Å². The molecule has 0 unspecified atom stereocenters. The zero-order chi connectivity index (χ0) is 8.55. The number of rotatable bonds is 2. The second-order valence-electron chi connectivity index (χ2n) is 2.80.